The number of amidine groups is 1. The molecule has 1 heterocycles. The van der Waals surface area contributed by atoms with Crippen LogP contribution in [-0.4, -0.2) is 11.0 Å². The van der Waals surface area contributed by atoms with E-state index in [9.17, 15) is 0 Å². The molecule has 0 bridgehead atoms. The molecule has 2 aromatic rings. The van der Waals surface area contributed by atoms with Crippen molar-refractivity contribution in [2.45, 2.75) is 6.92 Å². The summed E-state index contributed by atoms with van der Waals surface area (Å²) in [5.74, 6) is 1.01. The zero-order valence-electron chi connectivity index (χ0n) is 10.9. The Morgan fingerprint density at radius 3 is 2.70 bits per heavy atom. The molecule has 0 atom stereocenters. The fourth-order valence-electron chi connectivity index (χ4n) is 1.55. The third-order valence-electron chi connectivity index (χ3n) is 2.46. The molecule has 0 saturated carbocycles. The molecule has 0 aliphatic rings. The van der Waals surface area contributed by atoms with Crippen LogP contribution in [0.4, 0.5) is 11.5 Å². The number of benzene rings is 1. The van der Waals surface area contributed by atoms with Gasteiger partial charge in [-0.15, -0.1) is 4.99 Å². The second-order valence-corrected chi connectivity index (χ2v) is 3.93. The summed E-state index contributed by atoms with van der Waals surface area (Å²) in [4.78, 5) is 7.72. The summed E-state index contributed by atoms with van der Waals surface area (Å²) >= 11 is 0. The number of para-hydroxylation sites is 1. The Bertz CT molecular complexity index is 661. The molecule has 0 spiro atoms. The van der Waals surface area contributed by atoms with E-state index in [-0.39, 0.29) is 6.02 Å². The number of nitrogens with zero attached hydrogens (tertiary/aromatic N) is 3. The van der Waals surface area contributed by atoms with Crippen LogP contribution in [0, 0.1) is 18.4 Å². The Labute approximate surface area is 116 Å². The average Bonchev–Trinajstić information content (AvgIpc) is 2.43. The maximum Gasteiger partial charge on any atom is 0.310 e. The van der Waals surface area contributed by atoms with Gasteiger partial charge in [-0.1, -0.05) is 18.2 Å². The monoisotopic (exact) mass is 267 g/mol. The van der Waals surface area contributed by atoms with Crippen molar-refractivity contribution in [3.63, 3.8) is 0 Å². The van der Waals surface area contributed by atoms with E-state index in [1.54, 1.807) is 37.4 Å². The Hall–Kier alpha value is -3.07. The third-order valence-corrected chi connectivity index (χ3v) is 2.46. The largest absolute Gasteiger partial charge is 0.425 e. The predicted octanol–water partition coefficient (Wildman–Crippen LogP) is 2.30. The lowest BCUT2D eigenvalue weighted by atomic mass is 10.3. The van der Waals surface area contributed by atoms with Crippen LogP contribution >= 0.6 is 0 Å². The van der Waals surface area contributed by atoms with E-state index < -0.39 is 0 Å². The topological polar surface area (TPSA) is 96.3 Å². The quantitative estimate of drug-likeness (QED) is 0.494. The van der Waals surface area contributed by atoms with E-state index in [1.165, 1.54) is 0 Å². The molecule has 6 nitrogen and oxygen atoms in total. The first kappa shape index (κ1) is 13.4. The normalized spacial score (nSPS) is 10.7. The molecule has 0 amide bonds. The van der Waals surface area contributed by atoms with Crippen LogP contribution < -0.4 is 15.8 Å². The molecule has 2 rings (SSSR count). The number of aromatic nitrogens is 1. The third kappa shape index (κ3) is 3.46. The average molecular weight is 267 g/mol. The maximum atomic E-state index is 8.71. The van der Waals surface area contributed by atoms with Crippen LogP contribution in [0.2, 0.25) is 0 Å². The number of nitrogens with one attached hydrogen (secondary N) is 1. The molecular formula is C14H13N5O. The number of pyridine rings is 1. The van der Waals surface area contributed by atoms with Crippen molar-refractivity contribution in [2.75, 3.05) is 11.1 Å². The number of rotatable bonds is 2. The Balaban J connectivity index is 2.18. The van der Waals surface area contributed by atoms with Crippen LogP contribution in [0.5, 0.6) is 5.75 Å². The molecule has 6 heteroatoms. The highest BCUT2D eigenvalue weighted by Crippen LogP contribution is 2.15. The molecular weight excluding hydrogens is 254 g/mol. The number of hydrogen-bond donors (Lipinski definition) is 2. The van der Waals surface area contributed by atoms with Gasteiger partial charge in [-0.25, -0.2) is 4.98 Å². The highest BCUT2D eigenvalue weighted by molar-refractivity contribution is 5.91. The van der Waals surface area contributed by atoms with Gasteiger partial charge in [0.25, 0.3) is 0 Å². The number of nitriles is 1. The number of ether oxygens (including phenoxy) is 1. The van der Waals surface area contributed by atoms with E-state index in [4.69, 9.17) is 15.7 Å². The highest BCUT2D eigenvalue weighted by Gasteiger charge is 2.07. The first-order valence-corrected chi connectivity index (χ1v) is 5.89. The first-order valence-electron chi connectivity index (χ1n) is 5.89. The zero-order valence-corrected chi connectivity index (χ0v) is 10.9. The molecule has 1 aromatic heterocycles. The van der Waals surface area contributed by atoms with Crippen molar-refractivity contribution >= 4 is 17.5 Å². The fourth-order valence-corrected chi connectivity index (χ4v) is 1.55. The SMILES string of the molecule is Cc1nc(N)ccc1N/C(=N/C#N)Oc1ccccc1. The van der Waals surface area contributed by atoms with Crippen molar-refractivity contribution in [3.8, 4) is 11.9 Å². The van der Waals surface area contributed by atoms with Gasteiger partial charge < -0.3 is 15.8 Å². The zero-order chi connectivity index (χ0) is 14.4. The number of anilines is 2. The standard InChI is InChI=1S/C14H13N5O/c1-10-12(7-8-13(16)18-10)19-14(17-9-15)20-11-5-3-2-4-6-11/h2-8H,1H3,(H2,16,18)(H,17,19). The van der Waals surface area contributed by atoms with Gasteiger partial charge in [-0.2, -0.15) is 5.26 Å². The molecule has 0 aliphatic heterocycles. The Morgan fingerprint density at radius 2 is 2.05 bits per heavy atom. The second kappa shape index (κ2) is 6.20. The summed E-state index contributed by atoms with van der Waals surface area (Å²) < 4.78 is 5.50. The predicted molar refractivity (Wildman–Crippen MR) is 77.1 cm³/mol. The number of nitrogens with two attached hydrogens (primary N) is 1. The van der Waals surface area contributed by atoms with Crippen LogP contribution in [-0.2, 0) is 0 Å². The number of aryl methyl sites for hydroxylation is 1. The van der Waals surface area contributed by atoms with Gasteiger partial charge in [-0.3, -0.25) is 0 Å². The summed E-state index contributed by atoms with van der Waals surface area (Å²) in [7, 11) is 0. The van der Waals surface area contributed by atoms with Crippen molar-refractivity contribution in [2.24, 2.45) is 4.99 Å². The molecule has 0 aliphatic carbocycles. The fraction of sp³-hybridized carbons (Fsp3) is 0.0714. The minimum atomic E-state index is 0.0772. The minimum absolute atomic E-state index is 0.0772. The van der Waals surface area contributed by atoms with Gasteiger partial charge in [-0.05, 0) is 31.2 Å². The molecule has 100 valence electrons. The van der Waals surface area contributed by atoms with Gasteiger partial charge in [0.2, 0.25) is 6.19 Å². The van der Waals surface area contributed by atoms with Crippen LogP contribution in [0.1, 0.15) is 5.69 Å². The Morgan fingerprint density at radius 1 is 1.30 bits per heavy atom. The molecule has 3 N–H and O–H groups in total. The molecule has 0 saturated heterocycles. The molecule has 20 heavy (non-hydrogen) atoms. The van der Waals surface area contributed by atoms with E-state index in [0.717, 1.165) is 0 Å². The number of hydrogen-bond acceptors (Lipinski definition) is 5. The van der Waals surface area contributed by atoms with E-state index in [0.29, 0.717) is 22.9 Å². The van der Waals surface area contributed by atoms with Crippen molar-refractivity contribution in [3.05, 3.63) is 48.2 Å². The molecule has 0 radical (unpaired) electrons. The Kier molecular flexibility index (Phi) is 4.14. The van der Waals surface area contributed by atoms with Crippen LogP contribution in [0.15, 0.2) is 47.5 Å². The van der Waals surface area contributed by atoms with Crippen molar-refractivity contribution in [1.82, 2.24) is 4.98 Å². The second-order valence-electron chi connectivity index (χ2n) is 3.93. The summed E-state index contributed by atoms with van der Waals surface area (Å²) in [5.41, 5.74) is 6.95. The highest BCUT2D eigenvalue weighted by atomic mass is 16.5. The van der Waals surface area contributed by atoms with Crippen molar-refractivity contribution < 1.29 is 4.74 Å². The summed E-state index contributed by atoms with van der Waals surface area (Å²) in [6, 6.07) is 12.5. The summed E-state index contributed by atoms with van der Waals surface area (Å²) in [6.45, 7) is 1.80. The van der Waals surface area contributed by atoms with Gasteiger partial charge in [0.05, 0.1) is 11.4 Å². The van der Waals surface area contributed by atoms with Gasteiger partial charge in [0.15, 0.2) is 0 Å². The smallest absolute Gasteiger partial charge is 0.310 e. The van der Waals surface area contributed by atoms with E-state index in [2.05, 4.69) is 15.3 Å². The van der Waals surface area contributed by atoms with Gasteiger partial charge in [0.1, 0.15) is 11.6 Å². The number of aliphatic imine (C=N–C) groups is 1. The lowest BCUT2D eigenvalue weighted by Crippen LogP contribution is -2.20. The first-order chi connectivity index (χ1) is 9.69. The van der Waals surface area contributed by atoms with Crippen LogP contribution in [0.3, 0.4) is 0 Å². The lowest BCUT2D eigenvalue weighted by Gasteiger charge is -2.11. The van der Waals surface area contributed by atoms with Crippen LogP contribution in [0.25, 0.3) is 0 Å². The molecule has 0 fully saturated rings. The lowest BCUT2D eigenvalue weighted by molar-refractivity contribution is 0.549. The summed E-state index contributed by atoms with van der Waals surface area (Å²) in [5, 5.41) is 11.6. The van der Waals surface area contributed by atoms with Gasteiger partial charge >= 0.3 is 6.02 Å². The maximum absolute atomic E-state index is 8.71. The number of nitrogen functional groups attached to an aromatic ring is 1. The molecule has 1 aromatic carbocycles. The van der Waals surface area contributed by atoms with E-state index >= 15 is 0 Å². The minimum Gasteiger partial charge on any atom is -0.425 e. The van der Waals surface area contributed by atoms with Gasteiger partial charge in [0, 0.05) is 0 Å². The van der Waals surface area contributed by atoms with E-state index in [1.807, 2.05) is 18.2 Å². The summed E-state index contributed by atoms with van der Waals surface area (Å²) in [6.07, 6.45) is 1.69. The molecule has 0 unspecified atom stereocenters. The van der Waals surface area contributed by atoms with Crippen molar-refractivity contribution in [1.29, 1.82) is 5.26 Å².